The Labute approximate surface area is 172 Å². The highest BCUT2D eigenvalue weighted by Gasteiger charge is 2.23. The lowest BCUT2D eigenvalue weighted by Gasteiger charge is -2.35. The van der Waals surface area contributed by atoms with Gasteiger partial charge in [-0.2, -0.15) is 0 Å². The van der Waals surface area contributed by atoms with E-state index in [1.165, 1.54) is 12.1 Å². The van der Waals surface area contributed by atoms with E-state index in [4.69, 9.17) is 4.42 Å². The number of fused-ring (bicyclic) bond motifs is 1. The van der Waals surface area contributed by atoms with Crippen molar-refractivity contribution in [3.63, 3.8) is 0 Å². The largest absolute Gasteiger partial charge is 0.422 e. The second-order valence-electron chi connectivity index (χ2n) is 7.67. The summed E-state index contributed by atoms with van der Waals surface area (Å²) in [6.07, 6.45) is 0. The first-order valence-corrected chi connectivity index (χ1v) is 9.83. The van der Waals surface area contributed by atoms with Crippen LogP contribution < -0.4 is 5.63 Å². The molecule has 0 bridgehead atoms. The van der Waals surface area contributed by atoms with Crippen LogP contribution in [0.25, 0.3) is 11.0 Å². The van der Waals surface area contributed by atoms with Crippen molar-refractivity contribution >= 4 is 16.9 Å². The fourth-order valence-electron chi connectivity index (χ4n) is 3.82. The third kappa shape index (κ3) is 3.85. The van der Waals surface area contributed by atoms with Crippen LogP contribution in [0.3, 0.4) is 0 Å². The molecule has 5 nitrogen and oxygen atoms in total. The van der Waals surface area contributed by atoms with Crippen LogP contribution >= 0.6 is 0 Å². The summed E-state index contributed by atoms with van der Waals surface area (Å²) in [5.41, 5.74) is 3.29. The number of halogens is 2. The normalized spacial score (nSPS) is 15.0. The van der Waals surface area contributed by atoms with E-state index in [9.17, 15) is 18.4 Å². The Morgan fingerprint density at radius 1 is 1.00 bits per heavy atom. The molecule has 0 N–H and O–H groups in total. The Hall–Kier alpha value is -3.06. The minimum Gasteiger partial charge on any atom is -0.422 e. The average Bonchev–Trinajstić information content (AvgIpc) is 2.73. The van der Waals surface area contributed by atoms with E-state index in [0.29, 0.717) is 38.3 Å². The maximum atomic E-state index is 13.4. The van der Waals surface area contributed by atoms with E-state index in [2.05, 4.69) is 4.90 Å². The summed E-state index contributed by atoms with van der Waals surface area (Å²) in [5, 5.41) is 0.915. The number of benzene rings is 2. The Morgan fingerprint density at radius 3 is 2.43 bits per heavy atom. The molecular formula is C23H22F2N2O3. The maximum Gasteiger partial charge on any atom is 0.336 e. The minimum atomic E-state index is -1.03. The molecule has 2 aromatic carbocycles. The number of carbonyl (C=O) groups is 1. The Balaban J connectivity index is 1.48. The van der Waals surface area contributed by atoms with Crippen LogP contribution in [0.5, 0.6) is 0 Å². The fourth-order valence-corrected chi connectivity index (χ4v) is 3.82. The van der Waals surface area contributed by atoms with Crippen LogP contribution in [0.15, 0.2) is 45.6 Å². The van der Waals surface area contributed by atoms with Crippen molar-refractivity contribution < 1.29 is 18.0 Å². The summed E-state index contributed by atoms with van der Waals surface area (Å²) in [7, 11) is 0. The third-order valence-corrected chi connectivity index (χ3v) is 5.74. The zero-order valence-corrected chi connectivity index (χ0v) is 16.9. The van der Waals surface area contributed by atoms with E-state index in [1.807, 2.05) is 26.0 Å². The molecular weight excluding hydrogens is 390 g/mol. The van der Waals surface area contributed by atoms with Gasteiger partial charge in [0.15, 0.2) is 11.6 Å². The van der Waals surface area contributed by atoms with Gasteiger partial charge in [0, 0.05) is 49.7 Å². The van der Waals surface area contributed by atoms with E-state index in [0.717, 1.165) is 34.2 Å². The number of nitrogens with zero attached hydrogens (tertiary/aromatic N) is 2. The monoisotopic (exact) mass is 412 g/mol. The highest BCUT2D eigenvalue weighted by atomic mass is 19.2. The number of rotatable bonds is 3. The lowest BCUT2D eigenvalue weighted by Crippen LogP contribution is -2.48. The molecule has 1 aliphatic heterocycles. The van der Waals surface area contributed by atoms with Gasteiger partial charge in [-0.25, -0.2) is 13.6 Å². The molecule has 1 aromatic heterocycles. The van der Waals surface area contributed by atoms with Crippen molar-refractivity contribution in [1.29, 1.82) is 0 Å². The quantitative estimate of drug-likeness (QED) is 0.617. The molecule has 3 aromatic rings. The first-order chi connectivity index (χ1) is 14.3. The number of aryl methyl sites for hydroxylation is 2. The van der Waals surface area contributed by atoms with Crippen LogP contribution in [-0.2, 0) is 6.54 Å². The zero-order chi connectivity index (χ0) is 21.4. The van der Waals surface area contributed by atoms with Gasteiger partial charge in [0.1, 0.15) is 5.58 Å². The van der Waals surface area contributed by atoms with Gasteiger partial charge in [-0.1, -0.05) is 12.1 Å². The topological polar surface area (TPSA) is 53.8 Å². The molecule has 0 atom stereocenters. The summed E-state index contributed by atoms with van der Waals surface area (Å²) in [6, 6.07) is 8.71. The van der Waals surface area contributed by atoms with Crippen LogP contribution in [0.1, 0.15) is 27.0 Å². The highest BCUT2D eigenvalue weighted by Crippen LogP contribution is 2.24. The van der Waals surface area contributed by atoms with Crippen molar-refractivity contribution in [2.45, 2.75) is 20.4 Å². The first kappa shape index (κ1) is 20.2. The Kier molecular flexibility index (Phi) is 5.39. The van der Waals surface area contributed by atoms with Gasteiger partial charge in [0.2, 0.25) is 0 Å². The van der Waals surface area contributed by atoms with E-state index in [-0.39, 0.29) is 17.1 Å². The molecule has 7 heteroatoms. The van der Waals surface area contributed by atoms with Crippen molar-refractivity contribution in [2.24, 2.45) is 0 Å². The zero-order valence-electron chi connectivity index (χ0n) is 16.9. The van der Waals surface area contributed by atoms with Gasteiger partial charge in [0.25, 0.3) is 5.91 Å². The van der Waals surface area contributed by atoms with Crippen molar-refractivity contribution in [3.8, 4) is 0 Å². The number of carbonyl (C=O) groups excluding carboxylic acids is 1. The summed E-state index contributed by atoms with van der Waals surface area (Å²) in [4.78, 5) is 28.4. The Morgan fingerprint density at radius 2 is 1.73 bits per heavy atom. The van der Waals surface area contributed by atoms with Crippen LogP contribution in [-0.4, -0.2) is 41.9 Å². The van der Waals surface area contributed by atoms with E-state index in [1.54, 1.807) is 4.90 Å². The highest BCUT2D eigenvalue weighted by molar-refractivity contribution is 5.94. The van der Waals surface area contributed by atoms with Crippen LogP contribution in [0.4, 0.5) is 8.78 Å². The molecule has 2 heterocycles. The van der Waals surface area contributed by atoms with Crippen molar-refractivity contribution in [3.05, 3.63) is 80.7 Å². The molecule has 0 saturated carbocycles. The molecule has 4 rings (SSSR count). The second kappa shape index (κ2) is 7.99. The predicted molar refractivity (Wildman–Crippen MR) is 109 cm³/mol. The molecule has 0 unspecified atom stereocenters. The molecule has 0 aliphatic carbocycles. The predicted octanol–water partition coefficient (Wildman–Crippen LogP) is 3.65. The average molecular weight is 412 g/mol. The van der Waals surface area contributed by atoms with Gasteiger partial charge in [0.05, 0.1) is 0 Å². The van der Waals surface area contributed by atoms with E-state index < -0.39 is 11.6 Å². The summed E-state index contributed by atoms with van der Waals surface area (Å²) in [5.74, 6) is -2.31. The first-order valence-electron chi connectivity index (χ1n) is 9.83. The van der Waals surface area contributed by atoms with Crippen molar-refractivity contribution in [1.82, 2.24) is 9.80 Å². The Bertz CT molecular complexity index is 1180. The van der Waals surface area contributed by atoms with Crippen molar-refractivity contribution in [2.75, 3.05) is 26.2 Å². The third-order valence-electron chi connectivity index (χ3n) is 5.74. The molecule has 1 amide bonds. The molecule has 30 heavy (non-hydrogen) atoms. The maximum absolute atomic E-state index is 13.4. The molecule has 1 fully saturated rings. The summed E-state index contributed by atoms with van der Waals surface area (Å²) in [6.45, 7) is 6.64. The number of piperazine rings is 1. The minimum absolute atomic E-state index is 0.139. The van der Waals surface area contributed by atoms with Gasteiger partial charge in [-0.15, -0.1) is 0 Å². The van der Waals surface area contributed by atoms with E-state index >= 15 is 0 Å². The van der Waals surface area contributed by atoms with Gasteiger partial charge in [-0.05, 0) is 48.7 Å². The lowest BCUT2D eigenvalue weighted by molar-refractivity contribution is 0.0628. The summed E-state index contributed by atoms with van der Waals surface area (Å²) < 4.78 is 32.0. The summed E-state index contributed by atoms with van der Waals surface area (Å²) >= 11 is 0. The number of hydrogen-bond donors (Lipinski definition) is 0. The van der Waals surface area contributed by atoms with Gasteiger partial charge in [-0.3, -0.25) is 9.69 Å². The standard InChI is InChI=1S/C23H22F2N2O3/c1-14-3-5-18-17(12-21(28)30-22(18)15(14)2)13-26-7-9-27(10-8-26)23(29)16-4-6-19(24)20(25)11-16/h3-6,11-12H,7-10,13H2,1-2H3. The molecule has 156 valence electrons. The molecule has 1 saturated heterocycles. The lowest BCUT2D eigenvalue weighted by atomic mass is 10.0. The van der Waals surface area contributed by atoms with Gasteiger partial charge >= 0.3 is 5.63 Å². The SMILES string of the molecule is Cc1ccc2c(CN3CCN(C(=O)c4ccc(F)c(F)c4)CC3)cc(=O)oc2c1C. The second-order valence-corrected chi connectivity index (χ2v) is 7.67. The number of amides is 1. The van der Waals surface area contributed by atoms with Gasteiger partial charge < -0.3 is 9.32 Å². The van der Waals surface area contributed by atoms with Crippen LogP contribution in [0.2, 0.25) is 0 Å². The fraction of sp³-hybridized carbons (Fsp3) is 0.304. The molecule has 0 spiro atoms. The van der Waals surface area contributed by atoms with Crippen LogP contribution in [0, 0.1) is 25.5 Å². The number of hydrogen-bond acceptors (Lipinski definition) is 4. The smallest absolute Gasteiger partial charge is 0.336 e. The molecule has 1 aliphatic rings. The molecule has 0 radical (unpaired) electrons.